The number of rotatable bonds is 12. The van der Waals surface area contributed by atoms with Crippen LogP contribution in [0.3, 0.4) is 0 Å². The van der Waals surface area contributed by atoms with E-state index in [2.05, 4.69) is 10.4 Å². The number of carbonyl (C=O) groups excluding carboxylic acids is 2. The summed E-state index contributed by atoms with van der Waals surface area (Å²) in [5.74, 6) is -0.212. The van der Waals surface area contributed by atoms with Gasteiger partial charge in [-0.15, -0.1) is 0 Å². The largest absolute Gasteiger partial charge is 0.383 e. The van der Waals surface area contributed by atoms with Crippen LogP contribution in [0.25, 0.3) is 0 Å². The molecule has 0 aliphatic carbocycles. The van der Waals surface area contributed by atoms with E-state index in [0.717, 1.165) is 17.2 Å². The van der Waals surface area contributed by atoms with Gasteiger partial charge in [-0.05, 0) is 23.0 Å². The number of amides is 3. The first-order valence-corrected chi connectivity index (χ1v) is 13.2. The van der Waals surface area contributed by atoms with Crippen molar-refractivity contribution in [2.24, 2.45) is 7.05 Å². The maximum absolute atomic E-state index is 13.0. The number of aryl methyl sites for hydroxylation is 1. The minimum Gasteiger partial charge on any atom is -0.383 e. The Labute approximate surface area is 213 Å². The van der Waals surface area contributed by atoms with Crippen LogP contribution in [0, 0.1) is 0 Å². The van der Waals surface area contributed by atoms with Crippen LogP contribution in [0.5, 0.6) is 0 Å². The lowest BCUT2D eigenvalue weighted by Crippen LogP contribution is -2.37. The molecule has 3 amide bonds. The Balaban J connectivity index is 2.27. The molecule has 12 heteroatoms. The smallest absolute Gasteiger partial charge is 0.333 e. The van der Waals surface area contributed by atoms with Crippen LogP contribution >= 0.6 is 0 Å². The number of ether oxygens (including phenoxy) is 2. The minimum atomic E-state index is -4.35. The zero-order chi connectivity index (χ0) is 27.0. The molecule has 2 aromatic rings. The number of benzene rings is 1. The molecule has 0 saturated heterocycles. The lowest BCUT2D eigenvalue weighted by Gasteiger charge is -2.21. The summed E-state index contributed by atoms with van der Waals surface area (Å²) in [6, 6.07) is 5.95. The van der Waals surface area contributed by atoms with Crippen LogP contribution in [0.15, 0.2) is 29.3 Å². The highest BCUT2D eigenvalue weighted by Gasteiger charge is 2.27. The second kappa shape index (κ2) is 12.8. The molecule has 0 spiro atoms. The molecule has 0 radical (unpaired) electrons. The van der Waals surface area contributed by atoms with Crippen molar-refractivity contribution in [1.82, 2.24) is 19.4 Å². The topological polar surface area (TPSA) is 132 Å². The molecule has 0 bridgehead atoms. The third kappa shape index (κ3) is 7.28. The van der Waals surface area contributed by atoms with Gasteiger partial charge in [-0.2, -0.15) is 13.5 Å². The average molecular weight is 524 g/mol. The molecular weight excluding hydrogens is 486 g/mol. The summed E-state index contributed by atoms with van der Waals surface area (Å²) < 4.78 is 39.2. The fraction of sp³-hybridized carbons (Fsp3) is 0.542. The summed E-state index contributed by atoms with van der Waals surface area (Å²) in [5.41, 5.74) is 2.42. The first-order valence-electron chi connectivity index (χ1n) is 11.7. The van der Waals surface area contributed by atoms with E-state index in [9.17, 15) is 18.0 Å². The van der Waals surface area contributed by atoms with E-state index in [1.54, 1.807) is 0 Å². The SMILES string of the molecule is COCCN(CCOC)C(=O)c1cc(S(=O)(=O)NC(=O)Nc2c(C(C)C)cccc2C(C)C)nn1C. The standard InChI is InChI=1S/C24H37N5O6S/c1-16(2)18-9-8-10-19(17(3)4)22(18)25-24(31)27-36(32,33)21-15-20(28(5)26-21)23(30)29(11-13-34-6)12-14-35-7/h8-10,15-17H,11-14H2,1-7H3,(H2,25,27,31). The molecule has 1 aromatic heterocycles. The highest BCUT2D eigenvalue weighted by atomic mass is 32.2. The summed E-state index contributed by atoms with van der Waals surface area (Å²) in [7, 11) is 0.152. The van der Waals surface area contributed by atoms with E-state index in [4.69, 9.17) is 9.47 Å². The van der Waals surface area contributed by atoms with Crippen LogP contribution < -0.4 is 10.0 Å². The van der Waals surface area contributed by atoms with Gasteiger partial charge in [0.1, 0.15) is 5.69 Å². The summed E-state index contributed by atoms with van der Waals surface area (Å²) in [6.07, 6.45) is 0. The highest BCUT2D eigenvalue weighted by Crippen LogP contribution is 2.32. The molecule has 1 aromatic carbocycles. The van der Waals surface area contributed by atoms with Crippen molar-refractivity contribution in [3.63, 3.8) is 0 Å². The highest BCUT2D eigenvalue weighted by molar-refractivity contribution is 7.90. The van der Waals surface area contributed by atoms with E-state index in [0.29, 0.717) is 32.0 Å². The summed E-state index contributed by atoms with van der Waals surface area (Å²) in [4.78, 5) is 27.3. The molecule has 36 heavy (non-hydrogen) atoms. The van der Waals surface area contributed by atoms with Crippen molar-refractivity contribution in [3.8, 4) is 0 Å². The van der Waals surface area contributed by atoms with Gasteiger partial charge in [0.05, 0.1) is 13.2 Å². The van der Waals surface area contributed by atoms with Crippen LogP contribution in [0.1, 0.15) is 61.1 Å². The molecular formula is C24H37N5O6S. The van der Waals surface area contributed by atoms with Gasteiger partial charge < -0.3 is 19.7 Å². The van der Waals surface area contributed by atoms with Crippen LogP contribution in [0.4, 0.5) is 10.5 Å². The number of carbonyl (C=O) groups is 2. The molecule has 0 atom stereocenters. The molecule has 0 aliphatic heterocycles. The fourth-order valence-corrected chi connectivity index (χ4v) is 4.56. The maximum Gasteiger partial charge on any atom is 0.333 e. The molecule has 1 heterocycles. The van der Waals surface area contributed by atoms with Gasteiger partial charge in [-0.1, -0.05) is 45.9 Å². The number of aromatic nitrogens is 2. The van der Waals surface area contributed by atoms with Gasteiger partial charge in [0.2, 0.25) is 0 Å². The van der Waals surface area contributed by atoms with Crippen molar-refractivity contribution >= 4 is 27.6 Å². The summed E-state index contributed by atoms with van der Waals surface area (Å²) in [5, 5.41) is 6.24. The molecule has 2 rings (SSSR count). The predicted octanol–water partition coefficient (Wildman–Crippen LogP) is 2.91. The first kappa shape index (κ1) is 29.3. The molecule has 0 unspecified atom stereocenters. The van der Waals surface area contributed by atoms with Crippen molar-refractivity contribution in [1.29, 1.82) is 0 Å². The molecule has 200 valence electrons. The van der Waals surface area contributed by atoms with E-state index in [-0.39, 0.29) is 17.5 Å². The summed E-state index contributed by atoms with van der Waals surface area (Å²) >= 11 is 0. The quantitative estimate of drug-likeness (QED) is 0.437. The molecule has 0 aliphatic rings. The van der Waals surface area contributed by atoms with E-state index in [1.165, 1.54) is 30.8 Å². The first-order chi connectivity index (χ1) is 16.9. The summed E-state index contributed by atoms with van der Waals surface area (Å²) in [6.45, 7) is 9.16. The number of nitrogens with zero attached hydrogens (tertiary/aromatic N) is 3. The van der Waals surface area contributed by atoms with E-state index in [1.807, 2.05) is 50.6 Å². The van der Waals surface area contributed by atoms with Crippen molar-refractivity contribution in [2.75, 3.05) is 45.8 Å². The number of anilines is 1. The Morgan fingerprint density at radius 3 is 2.03 bits per heavy atom. The maximum atomic E-state index is 13.0. The lowest BCUT2D eigenvalue weighted by molar-refractivity contribution is 0.0617. The number of urea groups is 1. The lowest BCUT2D eigenvalue weighted by atomic mass is 9.93. The third-order valence-electron chi connectivity index (χ3n) is 5.61. The van der Waals surface area contributed by atoms with Gasteiger partial charge in [-0.25, -0.2) is 9.52 Å². The number of hydrogen-bond donors (Lipinski definition) is 2. The second-order valence-electron chi connectivity index (χ2n) is 8.95. The Morgan fingerprint density at radius 2 is 1.56 bits per heavy atom. The van der Waals surface area contributed by atoms with Crippen LogP contribution in [0.2, 0.25) is 0 Å². The van der Waals surface area contributed by atoms with E-state index < -0.39 is 27.0 Å². The fourth-order valence-electron chi connectivity index (χ4n) is 3.66. The molecule has 2 N–H and O–H groups in total. The number of nitrogens with one attached hydrogen (secondary N) is 2. The van der Waals surface area contributed by atoms with E-state index >= 15 is 0 Å². The molecule has 0 saturated carbocycles. The number of sulfonamides is 1. The van der Waals surface area contributed by atoms with Crippen molar-refractivity contribution in [3.05, 3.63) is 41.1 Å². The molecule has 11 nitrogen and oxygen atoms in total. The molecule has 0 fully saturated rings. The van der Waals surface area contributed by atoms with Gasteiger partial charge in [0.25, 0.3) is 15.9 Å². The Bertz CT molecular complexity index is 1130. The van der Waals surface area contributed by atoms with Crippen LogP contribution in [-0.4, -0.2) is 75.6 Å². The van der Waals surface area contributed by atoms with Gasteiger partial charge in [0.15, 0.2) is 5.03 Å². The zero-order valence-electron chi connectivity index (χ0n) is 22.0. The monoisotopic (exact) mass is 523 g/mol. The number of methoxy groups -OCH3 is 2. The second-order valence-corrected chi connectivity index (χ2v) is 10.6. The van der Waals surface area contributed by atoms with Gasteiger partial charge in [-0.3, -0.25) is 9.48 Å². The average Bonchev–Trinajstić information content (AvgIpc) is 3.20. The number of hydrogen-bond acceptors (Lipinski definition) is 7. The van der Waals surface area contributed by atoms with Crippen molar-refractivity contribution in [2.45, 2.75) is 44.6 Å². The Morgan fingerprint density at radius 1 is 1.03 bits per heavy atom. The minimum absolute atomic E-state index is 0.0511. The Hall–Kier alpha value is -2.96. The Kier molecular flexibility index (Phi) is 10.4. The normalized spacial score (nSPS) is 11.7. The third-order valence-corrected chi connectivity index (χ3v) is 6.81. The van der Waals surface area contributed by atoms with Gasteiger partial charge in [0, 0.05) is 46.1 Å². The van der Waals surface area contributed by atoms with Crippen LogP contribution in [-0.2, 0) is 26.5 Å². The number of para-hydroxylation sites is 1. The van der Waals surface area contributed by atoms with Crippen molar-refractivity contribution < 1.29 is 27.5 Å². The van der Waals surface area contributed by atoms with Gasteiger partial charge >= 0.3 is 6.03 Å². The zero-order valence-corrected chi connectivity index (χ0v) is 22.8. The predicted molar refractivity (Wildman–Crippen MR) is 137 cm³/mol.